The monoisotopic (exact) mass is 252 g/mol. The van der Waals surface area contributed by atoms with Crippen molar-refractivity contribution >= 4 is 17.3 Å². The molecule has 2 N–H and O–H groups in total. The average molecular weight is 252 g/mol. The lowest BCUT2D eigenvalue weighted by atomic mass is 10.2. The molecule has 0 spiro atoms. The van der Waals surface area contributed by atoms with E-state index in [4.69, 9.17) is 4.74 Å². The van der Waals surface area contributed by atoms with E-state index in [2.05, 4.69) is 5.32 Å². The summed E-state index contributed by atoms with van der Waals surface area (Å²) in [5.41, 5.74) is 1.67. The third-order valence-corrected chi connectivity index (χ3v) is 2.45. The van der Waals surface area contributed by atoms with Crippen LogP contribution in [0.2, 0.25) is 0 Å². The van der Waals surface area contributed by atoms with E-state index < -0.39 is 6.10 Å². The number of hydrogen-bond donors (Lipinski definition) is 2. The van der Waals surface area contributed by atoms with Gasteiger partial charge in [0.15, 0.2) is 0 Å². The predicted molar refractivity (Wildman–Crippen MR) is 71.9 cm³/mol. The lowest BCUT2D eigenvalue weighted by Gasteiger charge is -2.22. The quantitative estimate of drug-likeness (QED) is 0.795. The SMILES string of the molecule is COCC(O)CN(C)c1cccc(NC(C)=O)c1. The Kier molecular flexibility index (Phi) is 5.61. The van der Waals surface area contributed by atoms with Crippen LogP contribution in [0.3, 0.4) is 0 Å². The van der Waals surface area contributed by atoms with Crippen molar-refractivity contribution < 1.29 is 14.6 Å². The van der Waals surface area contributed by atoms with E-state index in [0.717, 1.165) is 11.4 Å². The van der Waals surface area contributed by atoms with Gasteiger partial charge in [0.2, 0.25) is 5.91 Å². The molecule has 0 saturated heterocycles. The van der Waals surface area contributed by atoms with Gasteiger partial charge in [-0.3, -0.25) is 4.79 Å². The van der Waals surface area contributed by atoms with E-state index in [1.807, 2.05) is 36.2 Å². The van der Waals surface area contributed by atoms with Crippen LogP contribution in [0, 0.1) is 0 Å². The van der Waals surface area contributed by atoms with Gasteiger partial charge in [0, 0.05) is 39.0 Å². The number of methoxy groups -OCH3 is 1. The van der Waals surface area contributed by atoms with E-state index in [1.54, 1.807) is 7.11 Å². The number of nitrogens with zero attached hydrogens (tertiary/aromatic N) is 1. The smallest absolute Gasteiger partial charge is 0.221 e. The molecule has 18 heavy (non-hydrogen) atoms. The minimum atomic E-state index is -0.538. The number of benzene rings is 1. The minimum absolute atomic E-state index is 0.103. The molecule has 1 unspecified atom stereocenters. The highest BCUT2D eigenvalue weighted by molar-refractivity contribution is 5.89. The van der Waals surface area contributed by atoms with E-state index in [1.165, 1.54) is 6.92 Å². The summed E-state index contributed by atoms with van der Waals surface area (Å²) in [6.45, 7) is 2.24. The van der Waals surface area contributed by atoms with E-state index >= 15 is 0 Å². The number of amides is 1. The summed E-state index contributed by atoms with van der Waals surface area (Å²) in [7, 11) is 3.44. The van der Waals surface area contributed by atoms with Crippen molar-refractivity contribution in [3.05, 3.63) is 24.3 Å². The summed E-state index contributed by atoms with van der Waals surface area (Å²) < 4.78 is 4.88. The zero-order chi connectivity index (χ0) is 13.5. The summed E-state index contributed by atoms with van der Waals surface area (Å²) in [6.07, 6.45) is -0.538. The summed E-state index contributed by atoms with van der Waals surface area (Å²) >= 11 is 0. The highest BCUT2D eigenvalue weighted by Gasteiger charge is 2.09. The molecular formula is C13H20N2O3. The molecule has 100 valence electrons. The minimum Gasteiger partial charge on any atom is -0.389 e. The highest BCUT2D eigenvalue weighted by Crippen LogP contribution is 2.18. The van der Waals surface area contributed by atoms with Crippen LogP contribution in [0.15, 0.2) is 24.3 Å². The molecular weight excluding hydrogens is 232 g/mol. The Morgan fingerprint density at radius 2 is 2.28 bits per heavy atom. The molecule has 0 heterocycles. The van der Waals surface area contributed by atoms with Gasteiger partial charge >= 0.3 is 0 Å². The van der Waals surface area contributed by atoms with Crippen molar-refractivity contribution in [1.29, 1.82) is 0 Å². The van der Waals surface area contributed by atoms with Gasteiger partial charge in [0.05, 0.1) is 12.7 Å². The molecule has 1 rings (SSSR count). The molecule has 0 saturated carbocycles. The van der Waals surface area contributed by atoms with Gasteiger partial charge in [-0.25, -0.2) is 0 Å². The van der Waals surface area contributed by atoms with Gasteiger partial charge in [-0.05, 0) is 18.2 Å². The summed E-state index contributed by atoms with van der Waals surface area (Å²) in [4.78, 5) is 12.9. The van der Waals surface area contributed by atoms with Crippen LogP contribution in [-0.4, -0.2) is 44.4 Å². The fourth-order valence-electron chi connectivity index (χ4n) is 1.69. The first-order chi connectivity index (χ1) is 8.52. The van der Waals surface area contributed by atoms with Crippen molar-refractivity contribution in [2.45, 2.75) is 13.0 Å². The Hall–Kier alpha value is -1.59. The van der Waals surface area contributed by atoms with Crippen LogP contribution < -0.4 is 10.2 Å². The number of rotatable bonds is 6. The Bertz CT molecular complexity index is 396. The first kappa shape index (κ1) is 14.5. The first-order valence-electron chi connectivity index (χ1n) is 5.78. The first-order valence-corrected chi connectivity index (χ1v) is 5.78. The molecule has 1 atom stereocenters. The molecule has 0 aromatic heterocycles. The third kappa shape index (κ3) is 4.73. The molecule has 0 radical (unpaired) electrons. The molecule has 5 heteroatoms. The number of aliphatic hydroxyl groups excluding tert-OH is 1. The number of carbonyl (C=O) groups excluding carboxylic acids is 1. The van der Waals surface area contributed by atoms with Crippen molar-refractivity contribution in [3.63, 3.8) is 0 Å². The number of hydrogen-bond acceptors (Lipinski definition) is 4. The highest BCUT2D eigenvalue weighted by atomic mass is 16.5. The zero-order valence-corrected chi connectivity index (χ0v) is 11.0. The Labute approximate surface area is 107 Å². The molecule has 1 amide bonds. The van der Waals surface area contributed by atoms with Crippen LogP contribution in [0.1, 0.15) is 6.92 Å². The second-order valence-electron chi connectivity index (χ2n) is 4.22. The van der Waals surface area contributed by atoms with E-state index in [-0.39, 0.29) is 5.91 Å². The van der Waals surface area contributed by atoms with E-state index in [0.29, 0.717) is 13.2 Å². The summed E-state index contributed by atoms with van der Waals surface area (Å²) in [5.74, 6) is -0.103. The molecule has 0 aliphatic rings. The maximum Gasteiger partial charge on any atom is 0.221 e. The van der Waals surface area contributed by atoms with E-state index in [9.17, 15) is 9.90 Å². The van der Waals surface area contributed by atoms with Crippen LogP contribution in [0.5, 0.6) is 0 Å². The largest absolute Gasteiger partial charge is 0.389 e. The summed E-state index contributed by atoms with van der Waals surface area (Å²) in [5, 5.41) is 12.4. The van der Waals surface area contributed by atoms with Gasteiger partial charge in [0.25, 0.3) is 0 Å². The van der Waals surface area contributed by atoms with Crippen molar-refractivity contribution in [3.8, 4) is 0 Å². The van der Waals surface area contributed by atoms with Crippen LogP contribution >= 0.6 is 0 Å². The predicted octanol–water partition coefficient (Wildman–Crippen LogP) is 1.09. The fourth-order valence-corrected chi connectivity index (χ4v) is 1.69. The molecule has 0 bridgehead atoms. The van der Waals surface area contributed by atoms with Crippen LogP contribution in [-0.2, 0) is 9.53 Å². The molecule has 1 aromatic carbocycles. The number of ether oxygens (including phenoxy) is 1. The lowest BCUT2D eigenvalue weighted by molar-refractivity contribution is -0.114. The number of nitrogens with one attached hydrogen (secondary N) is 1. The van der Waals surface area contributed by atoms with Crippen molar-refractivity contribution in [2.75, 3.05) is 37.5 Å². The van der Waals surface area contributed by atoms with Gasteiger partial charge < -0.3 is 20.1 Å². The van der Waals surface area contributed by atoms with Gasteiger partial charge in [-0.2, -0.15) is 0 Å². The number of anilines is 2. The Balaban J connectivity index is 2.67. The maximum atomic E-state index is 11.0. The Morgan fingerprint density at radius 1 is 1.56 bits per heavy atom. The molecule has 0 fully saturated rings. The fraction of sp³-hybridized carbons (Fsp3) is 0.462. The normalized spacial score (nSPS) is 12.0. The number of likely N-dealkylation sites (N-methyl/N-ethyl adjacent to an activating group) is 1. The summed E-state index contributed by atoms with van der Waals surface area (Å²) in [6, 6.07) is 7.47. The third-order valence-electron chi connectivity index (χ3n) is 2.45. The second-order valence-corrected chi connectivity index (χ2v) is 4.22. The maximum absolute atomic E-state index is 11.0. The number of aliphatic hydroxyl groups is 1. The van der Waals surface area contributed by atoms with Crippen LogP contribution in [0.4, 0.5) is 11.4 Å². The van der Waals surface area contributed by atoms with Crippen LogP contribution in [0.25, 0.3) is 0 Å². The topological polar surface area (TPSA) is 61.8 Å². The molecule has 0 aliphatic heterocycles. The van der Waals surface area contributed by atoms with Crippen molar-refractivity contribution in [1.82, 2.24) is 0 Å². The average Bonchev–Trinajstić information content (AvgIpc) is 2.28. The molecule has 5 nitrogen and oxygen atoms in total. The van der Waals surface area contributed by atoms with Gasteiger partial charge in [-0.15, -0.1) is 0 Å². The van der Waals surface area contributed by atoms with Gasteiger partial charge in [-0.1, -0.05) is 6.07 Å². The Morgan fingerprint density at radius 3 is 2.89 bits per heavy atom. The zero-order valence-electron chi connectivity index (χ0n) is 11.0. The lowest BCUT2D eigenvalue weighted by Crippen LogP contribution is -2.31. The molecule has 1 aromatic rings. The molecule has 0 aliphatic carbocycles. The number of carbonyl (C=O) groups is 1. The standard InChI is InChI=1S/C13H20N2O3/c1-10(16)14-11-5-4-6-12(7-11)15(2)8-13(17)9-18-3/h4-7,13,17H,8-9H2,1-3H3,(H,14,16). The van der Waals surface area contributed by atoms with Gasteiger partial charge in [0.1, 0.15) is 0 Å². The van der Waals surface area contributed by atoms with Crippen molar-refractivity contribution in [2.24, 2.45) is 0 Å². The second kappa shape index (κ2) is 6.98.